The summed E-state index contributed by atoms with van der Waals surface area (Å²) in [7, 11) is 0. The zero-order valence-electron chi connectivity index (χ0n) is 10.8. The van der Waals surface area contributed by atoms with E-state index in [-0.39, 0.29) is 12.5 Å². The van der Waals surface area contributed by atoms with Crippen molar-refractivity contribution in [1.82, 2.24) is 5.32 Å². The molecule has 0 saturated heterocycles. The smallest absolute Gasteiger partial charge is 0.255 e. The second-order valence-electron chi connectivity index (χ2n) is 5.45. The fourth-order valence-electron chi connectivity index (χ4n) is 2.47. The molecule has 1 aromatic heterocycles. The normalized spacial score (nSPS) is 18.2. The van der Waals surface area contributed by atoms with Crippen molar-refractivity contribution in [2.45, 2.75) is 25.3 Å². The molecular formula is C15H17NO3. The van der Waals surface area contributed by atoms with Crippen molar-refractivity contribution in [1.29, 1.82) is 0 Å². The maximum atomic E-state index is 12.3. The second-order valence-corrected chi connectivity index (χ2v) is 5.45. The van der Waals surface area contributed by atoms with Gasteiger partial charge in [-0.15, -0.1) is 0 Å². The van der Waals surface area contributed by atoms with Crippen molar-refractivity contribution in [3.63, 3.8) is 0 Å². The molecule has 1 saturated carbocycles. The molecular weight excluding hydrogens is 242 g/mol. The highest BCUT2D eigenvalue weighted by Crippen LogP contribution is 2.39. The van der Waals surface area contributed by atoms with E-state index in [1.165, 1.54) is 6.26 Å². The highest BCUT2D eigenvalue weighted by molar-refractivity contribution is 6.06. The molecule has 1 atom stereocenters. The van der Waals surface area contributed by atoms with Gasteiger partial charge in [-0.3, -0.25) is 4.79 Å². The molecule has 1 heterocycles. The molecule has 0 bridgehead atoms. The van der Waals surface area contributed by atoms with E-state index >= 15 is 0 Å². The lowest BCUT2D eigenvalue weighted by Gasteiger charge is -2.28. The molecule has 1 aliphatic carbocycles. The van der Waals surface area contributed by atoms with Crippen molar-refractivity contribution in [2.24, 2.45) is 5.92 Å². The Morgan fingerprint density at radius 1 is 1.47 bits per heavy atom. The van der Waals surface area contributed by atoms with E-state index in [0.29, 0.717) is 17.1 Å². The Labute approximate surface area is 111 Å². The van der Waals surface area contributed by atoms with Gasteiger partial charge in [0.1, 0.15) is 11.8 Å². The second kappa shape index (κ2) is 4.38. The average molecular weight is 259 g/mol. The summed E-state index contributed by atoms with van der Waals surface area (Å²) < 4.78 is 5.37. The molecule has 0 spiro atoms. The van der Waals surface area contributed by atoms with Crippen LogP contribution in [0.5, 0.6) is 0 Å². The Balaban J connectivity index is 1.87. The van der Waals surface area contributed by atoms with Crippen LogP contribution in [0.4, 0.5) is 0 Å². The van der Waals surface area contributed by atoms with Gasteiger partial charge in [-0.1, -0.05) is 18.2 Å². The van der Waals surface area contributed by atoms with Crippen molar-refractivity contribution in [3.8, 4) is 0 Å². The molecule has 4 nitrogen and oxygen atoms in total. The van der Waals surface area contributed by atoms with Gasteiger partial charge in [0.25, 0.3) is 5.91 Å². The number of carbonyl (C=O) groups is 1. The topological polar surface area (TPSA) is 62.5 Å². The fourth-order valence-corrected chi connectivity index (χ4v) is 2.47. The van der Waals surface area contributed by atoms with Crippen LogP contribution in [0.3, 0.4) is 0 Å². The van der Waals surface area contributed by atoms with Crippen molar-refractivity contribution < 1.29 is 14.3 Å². The minimum atomic E-state index is -0.532. The van der Waals surface area contributed by atoms with Gasteiger partial charge in [-0.05, 0) is 31.7 Å². The van der Waals surface area contributed by atoms with Crippen molar-refractivity contribution in [3.05, 3.63) is 36.1 Å². The van der Waals surface area contributed by atoms with Crippen LogP contribution in [0.15, 0.2) is 34.9 Å². The van der Waals surface area contributed by atoms with Crippen LogP contribution in [0.25, 0.3) is 11.0 Å². The van der Waals surface area contributed by atoms with Gasteiger partial charge < -0.3 is 14.8 Å². The third kappa shape index (κ3) is 2.12. The van der Waals surface area contributed by atoms with Gasteiger partial charge in [0.2, 0.25) is 0 Å². The van der Waals surface area contributed by atoms with Crippen LogP contribution in [0, 0.1) is 5.92 Å². The Hall–Kier alpha value is -1.81. The molecule has 0 aliphatic heterocycles. The molecule has 4 heteroatoms. The summed E-state index contributed by atoms with van der Waals surface area (Å²) in [5, 5.41) is 13.3. The van der Waals surface area contributed by atoms with E-state index in [1.54, 1.807) is 0 Å². The third-order valence-corrected chi connectivity index (χ3v) is 3.93. The monoisotopic (exact) mass is 259 g/mol. The molecule has 1 fully saturated rings. The number of amides is 1. The summed E-state index contributed by atoms with van der Waals surface area (Å²) in [4.78, 5) is 12.3. The average Bonchev–Trinajstić information content (AvgIpc) is 3.19. The van der Waals surface area contributed by atoms with Gasteiger partial charge in [0.05, 0.1) is 17.7 Å². The van der Waals surface area contributed by atoms with Gasteiger partial charge in [-0.25, -0.2) is 0 Å². The predicted octanol–water partition coefficient (Wildman–Crippen LogP) is 2.32. The molecule has 19 heavy (non-hydrogen) atoms. The standard InChI is InChI=1S/C15H17NO3/c1-15(9-17,10-6-7-10)16-14(18)12-8-19-13-5-3-2-4-11(12)13/h2-5,8,10,17H,6-7,9H2,1H3,(H,16,18). The van der Waals surface area contributed by atoms with E-state index < -0.39 is 5.54 Å². The van der Waals surface area contributed by atoms with Crippen molar-refractivity contribution in [2.75, 3.05) is 6.61 Å². The number of aliphatic hydroxyl groups excluding tert-OH is 1. The molecule has 1 aliphatic rings. The van der Waals surface area contributed by atoms with E-state index in [2.05, 4.69) is 5.32 Å². The van der Waals surface area contributed by atoms with E-state index in [1.807, 2.05) is 31.2 Å². The van der Waals surface area contributed by atoms with Crippen LogP contribution in [0.1, 0.15) is 30.1 Å². The minimum absolute atomic E-state index is 0.0425. The molecule has 1 unspecified atom stereocenters. The maximum Gasteiger partial charge on any atom is 0.255 e. The Kier molecular flexibility index (Phi) is 2.82. The number of hydrogen-bond donors (Lipinski definition) is 2. The first-order chi connectivity index (χ1) is 9.14. The molecule has 3 rings (SSSR count). The molecule has 2 N–H and O–H groups in total. The highest BCUT2D eigenvalue weighted by atomic mass is 16.3. The van der Waals surface area contributed by atoms with Crippen LogP contribution in [0.2, 0.25) is 0 Å². The Bertz CT molecular complexity index is 615. The van der Waals surface area contributed by atoms with Crippen LogP contribution < -0.4 is 5.32 Å². The van der Waals surface area contributed by atoms with E-state index in [4.69, 9.17) is 4.42 Å². The van der Waals surface area contributed by atoms with Gasteiger partial charge >= 0.3 is 0 Å². The summed E-state index contributed by atoms with van der Waals surface area (Å²) >= 11 is 0. The van der Waals surface area contributed by atoms with Gasteiger partial charge in [-0.2, -0.15) is 0 Å². The number of para-hydroxylation sites is 1. The molecule has 1 aromatic carbocycles. The number of carbonyl (C=O) groups excluding carboxylic acids is 1. The van der Waals surface area contributed by atoms with Gasteiger partial charge in [0.15, 0.2) is 0 Å². The van der Waals surface area contributed by atoms with E-state index in [0.717, 1.165) is 18.2 Å². The number of benzene rings is 1. The summed E-state index contributed by atoms with van der Waals surface area (Å²) in [6, 6.07) is 7.44. The summed E-state index contributed by atoms with van der Waals surface area (Å²) in [5.74, 6) is 0.188. The minimum Gasteiger partial charge on any atom is -0.463 e. The van der Waals surface area contributed by atoms with Gasteiger partial charge in [0, 0.05) is 5.39 Å². The number of fused-ring (bicyclic) bond motifs is 1. The lowest BCUT2D eigenvalue weighted by atomic mass is 9.96. The highest BCUT2D eigenvalue weighted by Gasteiger charge is 2.42. The van der Waals surface area contributed by atoms with Crippen LogP contribution >= 0.6 is 0 Å². The number of hydrogen-bond acceptors (Lipinski definition) is 3. The number of nitrogens with one attached hydrogen (secondary N) is 1. The number of furan rings is 1. The zero-order chi connectivity index (χ0) is 13.5. The van der Waals surface area contributed by atoms with Crippen molar-refractivity contribution >= 4 is 16.9 Å². The first kappa shape index (κ1) is 12.2. The first-order valence-electron chi connectivity index (χ1n) is 6.53. The Morgan fingerprint density at radius 3 is 2.89 bits per heavy atom. The van der Waals surface area contributed by atoms with E-state index in [9.17, 15) is 9.90 Å². The summed E-state index contributed by atoms with van der Waals surface area (Å²) in [6.45, 7) is 1.85. The SMILES string of the molecule is CC(CO)(NC(=O)c1coc2ccccc12)C1CC1. The number of aliphatic hydroxyl groups is 1. The zero-order valence-corrected chi connectivity index (χ0v) is 10.8. The number of rotatable bonds is 4. The largest absolute Gasteiger partial charge is 0.463 e. The molecule has 0 radical (unpaired) electrons. The maximum absolute atomic E-state index is 12.3. The lowest BCUT2D eigenvalue weighted by Crippen LogP contribution is -2.50. The summed E-state index contributed by atoms with van der Waals surface area (Å²) in [5.41, 5.74) is 0.691. The van der Waals surface area contributed by atoms with Crippen LogP contribution in [-0.4, -0.2) is 23.2 Å². The fraction of sp³-hybridized carbons (Fsp3) is 0.400. The predicted molar refractivity (Wildman–Crippen MR) is 71.9 cm³/mol. The lowest BCUT2D eigenvalue weighted by molar-refractivity contribution is 0.0825. The molecule has 2 aromatic rings. The quantitative estimate of drug-likeness (QED) is 0.885. The molecule has 1 amide bonds. The molecule has 100 valence electrons. The Morgan fingerprint density at radius 2 is 2.21 bits per heavy atom. The summed E-state index contributed by atoms with van der Waals surface area (Å²) in [6.07, 6.45) is 3.59. The first-order valence-corrected chi connectivity index (χ1v) is 6.53. The van der Waals surface area contributed by atoms with Crippen LogP contribution in [-0.2, 0) is 0 Å². The third-order valence-electron chi connectivity index (χ3n) is 3.93.